The van der Waals surface area contributed by atoms with Crippen LogP contribution in [0.25, 0.3) is 0 Å². The summed E-state index contributed by atoms with van der Waals surface area (Å²) < 4.78 is 62.4. The van der Waals surface area contributed by atoms with E-state index in [9.17, 15) is 22.2 Å². The third-order valence-corrected chi connectivity index (χ3v) is 9.29. The number of allylic oxidation sites excluding steroid dienone is 1. The summed E-state index contributed by atoms with van der Waals surface area (Å²) in [5.41, 5.74) is 0.375. The summed E-state index contributed by atoms with van der Waals surface area (Å²) in [7, 11) is -1.13. The maximum atomic E-state index is 13.7. The molecule has 5 rings (SSSR count). The van der Waals surface area contributed by atoms with Crippen LogP contribution < -0.4 is 20.3 Å². The number of alkyl halides is 3. The highest BCUT2D eigenvalue weighted by Gasteiger charge is 2.40. The van der Waals surface area contributed by atoms with Gasteiger partial charge in [-0.1, -0.05) is 37.3 Å². The number of dihydropyridines is 1. The number of hydrogen-bond donors (Lipinski definition) is 3. The van der Waals surface area contributed by atoms with E-state index >= 15 is 0 Å². The number of likely N-dealkylation sites (tertiary alicyclic amines) is 1. The Morgan fingerprint density at radius 1 is 1.17 bits per heavy atom. The van der Waals surface area contributed by atoms with E-state index in [1.54, 1.807) is 17.2 Å². The second kappa shape index (κ2) is 13.4. The molecule has 9 nitrogen and oxygen atoms in total. The molecule has 3 unspecified atom stereocenters. The van der Waals surface area contributed by atoms with Crippen molar-refractivity contribution in [1.82, 2.24) is 25.2 Å². The van der Waals surface area contributed by atoms with Crippen LogP contribution in [-0.2, 0) is 34.9 Å². The first-order valence-corrected chi connectivity index (χ1v) is 15.5. The van der Waals surface area contributed by atoms with Crippen molar-refractivity contribution in [2.24, 2.45) is 5.92 Å². The molecular weight excluding hydrogens is 569 g/mol. The zero-order chi connectivity index (χ0) is 29.7. The van der Waals surface area contributed by atoms with Gasteiger partial charge in [0.1, 0.15) is 5.76 Å². The summed E-state index contributed by atoms with van der Waals surface area (Å²) in [5, 5.41) is 5.96. The van der Waals surface area contributed by atoms with E-state index in [0.717, 1.165) is 44.3 Å². The quantitative estimate of drug-likeness (QED) is 0.399. The van der Waals surface area contributed by atoms with Crippen LogP contribution in [0.1, 0.15) is 49.6 Å². The molecule has 3 N–H and O–H groups in total. The lowest BCUT2D eigenvalue weighted by atomic mass is 10.0. The summed E-state index contributed by atoms with van der Waals surface area (Å²) in [6.07, 6.45) is 3.27. The van der Waals surface area contributed by atoms with Gasteiger partial charge in [-0.15, -0.1) is 0 Å². The average Bonchev–Trinajstić information content (AvgIpc) is 3.41. The molecule has 1 aromatic heterocycles. The zero-order valence-corrected chi connectivity index (χ0v) is 24.3. The second-order valence-corrected chi connectivity index (χ2v) is 12.6. The van der Waals surface area contributed by atoms with Gasteiger partial charge in [0.15, 0.2) is 5.69 Å². The number of piperidine rings is 2. The van der Waals surface area contributed by atoms with Crippen molar-refractivity contribution >= 4 is 22.9 Å². The molecule has 0 radical (unpaired) electrons. The van der Waals surface area contributed by atoms with Crippen molar-refractivity contribution in [3.05, 3.63) is 71.4 Å². The molecule has 1 amide bonds. The van der Waals surface area contributed by atoms with Gasteiger partial charge in [-0.3, -0.25) is 9.69 Å². The van der Waals surface area contributed by atoms with Crippen LogP contribution in [-0.4, -0.2) is 57.6 Å². The largest absolute Gasteiger partial charge is 0.436 e. The highest BCUT2D eigenvalue weighted by atomic mass is 32.2. The molecule has 0 bridgehead atoms. The van der Waals surface area contributed by atoms with Crippen molar-refractivity contribution in [2.75, 3.05) is 31.1 Å². The Morgan fingerprint density at radius 2 is 1.93 bits per heavy atom. The third kappa shape index (κ3) is 7.81. The van der Waals surface area contributed by atoms with E-state index in [-0.39, 0.29) is 17.4 Å². The molecule has 13 heteroatoms. The SMILES string of the molecule is CC1CCCN(c2nc(C(F)(F)F)c(CC(=O)NC3=CNC(N4CCC(S(=O)NCc5ccccc5)CC4)C=C3)o2)C1. The number of anilines is 1. The standard InChI is InChI=1S/C29H37F3N6O3S/c1-20-6-5-13-38(19-20)28-36-27(29(30,31)32)24(41-28)16-26(39)35-22-9-10-25(33-18-22)37-14-11-23(12-15-37)42(40)34-17-21-7-3-2-4-8-21/h2-4,7-10,18,20,23,25,33-34H,5-6,11-17,19H2,1H3,(H,35,39). The third-order valence-electron chi connectivity index (χ3n) is 7.79. The summed E-state index contributed by atoms with van der Waals surface area (Å²) >= 11 is 0. The van der Waals surface area contributed by atoms with Gasteiger partial charge < -0.3 is 20.0 Å². The van der Waals surface area contributed by atoms with Gasteiger partial charge in [0.25, 0.3) is 6.01 Å². The average molecular weight is 607 g/mol. The van der Waals surface area contributed by atoms with Crippen molar-refractivity contribution in [1.29, 1.82) is 0 Å². The first-order chi connectivity index (χ1) is 20.2. The zero-order valence-electron chi connectivity index (χ0n) is 23.5. The number of nitrogens with zero attached hydrogens (tertiary/aromatic N) is 3. The monoisotopic (exact) mass is 606 g/mol. The van der Waals surface area contributed by atoms with Gasteiger partial charge >= 0.3 is 6.18 Å². The van der Waals surface area contributed by atoms with Gasteiger partial charge in [0.2, 0.25) is 5.91 Å². The van der Waals surface area contributed by atoms with E-state index in [1.807, 2.05) is 43.3 Å². The highest BCUT2D eigenvalue weighted by Crippen LogP contribution is 2.35. The minimum absolute atomic E-state index is 0.0689. The molecule has 42 heavy (non-hydrogen) atoms. The minimum atomic E-state index is -4.73. The fourth-order valence-electron chi connectivity index (χ4n) is 5.54. The lowest BCUT2D eigenvalue weighted by Crippen LogP contribution is -2.50. The Hall–Kier alpha value is -3.16. The molecule has 228 valence electrons. The molecule has 2 fully saturated rings. The lowest BCUT2D eigenvalue weighted by Gasteiger charge is -2.37. The second-order valence-electron chi connectivity index (χ2n) is 11.1. The number of rotatable bonds is 9. The first-order valence-electron chi connectivity index (χ1n) is 14.3. The number of benzene rings is 1. The van der Waals surface area contributed by atoms with Gasteiger partial charge in [-0.25, -0.2) is 8.93 Å². The Kier molecular flexibility index (Phi) is 9.69. The number of carbonyl (C=O) groups is 1. The number of carbonyl (C=O) groups excluding carboxylic acids is 1. The predicted octanol–water partition coefficient (Wildman–Crippen LogP) is 3.83. The van der Waals surface area contributed by atoms with Crippen LogP contribution in [0.2, 0.25) is 0 Å². The van der Waals surface area contributed by atoms with Crippen LogP contribution in [0, 0.1) is 5.92 Å². The summed E-state index contributed by atoms with van der Waals surface area (Å²) in [6, 6.07) is 9.78. The number of halogens is 3. The molecule has 2 saturated heterocycles. The molecule has 4 heterocycles. The molecule has 2 aromatic rings. The van der Waals surface area contributed by atoms with Crippen LogP contribution in [0.5, 0.6) is 0 Å². The van der Waals surface area contributed by atoms with Crippen LogP contribution in [0.15, 0.2) is 58.8 Å². The maximum absolute atomic E-state index is 13.7. The van der Waals surface area contributed by atoms with Crippen LogP contribution in [0.4, 0.5) is 19.2 Å². The number of oxazole rings is 1. The summed E-state index contributed by atoms with van der Waals surface area (Å²) in [6.45, 7) is 5.24. The maximum Gasteiger partial charge on any atom is 0.436 e. The van der Waals surface area contributed by atoms with Crippen molar-refractivity contribution < 1.29 is 26.6 Å². The molecule has 0 aliphatic carbocycles. The molecule has 0 saturated carbocycles. The van der Waals surface area contributed by atoms with Gasteiger partial charge in [0.05, 0.1) is 34.5 Å². The molecule has 3 aliphatic heterocycles. The fraction of sp³-hybridized carbons (Fsp3) is 0.517. The first kappa shape index (κ1) is 30.3. The predicted molar refractivity (Wildman–Crippen MR) is 154 cm³/mol. The fourth-order valence-corrected chi connectivity index (χ4v) is 6.73. The Balaban J connectivity index is 1.09. The number of aromatic nitrogens is 1. The van der Waals surface area contributed by atoms with Gasteiger partial charge in [-0.2, -0.15) is 18.2 Å². The Labute approximate surface area is 246 Å². The van der Waals surface area contributed by atoms with E-state index < -0.39 is 40.9 Å². The molecule has 1 aromatic carbocycles. The van der Waals surface area contributed by atoms with E-state index in [0.29, 0.717) is 31.2 Å². The lowest BCUT2D eigenvalue weighted by molar-refractivity contribution is -0.142. The summed E-state index contributed by atoms with van der Waals surface area (Å²) in [4.78, 5) is 20.4. The van der Waals surface area contributed by atoms with Crippen molar-refractivity contribution in [3.63, 3.8) is 0 Å². The van der Waals surface area contributed by atoms with E-state index in [2.05, 4.69) is 25.2 Å². The highest BCUT2D eigenvalue weighted by molar-refractivity contribution is 7.83. The topological polar surface area (TPSA) is 103 Å². The van der Waals surface area contributed by atoms with E-state index in [1.165, 1.54) is 0 Å². The van der Waals surface area contributed by atoms with Crippen LogP contribution >= 0.6 is 0 Å². The molecule has 3 atom stereocenters. The molecule has 3 aliphatic rings. The van der Waals surface area contributed by atoms with E-state index in [4.69, 9.17) is 4.42 Å². The summed E-state index contributed by atoms with van der Waals surface area (Å²) in [5.74, 6) is -0.791. The number of hydrogen-bond acceptors (Lipinski definition) is 7. The Bertz CT molecular complexity index is 1310. The van der Waals surface area contributed by atoms with Crippen LogP contribution in [0.3, 0.4) is 0 Å². The number of nitrogens with one attached hydrogen (secondary N) is 3. The molecule has 0 spiro atoms. The molecular formula is C29H37F3N6O3S. The van der Waals surface area contributed by atoms with Crippen molar-refractivity contribution in [3.8, 4) is 0 Å². The smallest absolute Gasteiger partial charge is 0.427 e. The normalized spacial score (nSPS) is 22.9. The minimum Gasteiger partial charge on any atom is -0.427 e. The van der Waals surface area contributed by atoms with Gasteiger partial charge in [0, 0.05) is 38.9 Å². The number of amides is 1. The Morgan fingerprint density at radius 3 is 2.60 bits per heavy atom. The van der Waals surface area contributed by atoms with Gasteiger partial charge in [-0.05, 0) is 49.3 Å². The van der Waals surface area contributed by atoms with Crippen molar-refractivity contribution in [2.45, 2.75) is 63.2 Å².